The van der Waals surface area contributed by atoms with Gasteiger partial charge in [0.15, 0.2) is 5.82 Å². The summed E-state index contributed by atoms with van der Waals surface area (Å²) in [7, 11) is 0. The molecule has 4 heteroatoms. The monoisotopic (exact) mass is 260 g/mol. The van der Waals surface area contributed by atoms with E-state index < -0.39 is 0 Å². The highest BCUT2D eigenvalue weighted by Gasteiger charge is 2.28. The molecule has 0 bridgehead atoms. The first kappa shape index (κ1) is 13.8. The zero-order chi connectivity index (χ0) is 14.4. The van der Waals surface area contributed by atoms with E-state index in [0.29, 0.717) is 0 Å². The molecule has 4 nitrogen and oxygen atoms in total. The molecule has 0 spiro atoms. The second-order valence-electron chi connectivity index (χ2n) is 7.22. The van der Waals surface area contributed by atoms with Crippen LogP contribution in [0.3, 0.4) is 0 Å². The summed E-state index contributed by atoms with van der Waals surface area (Å²) in [4.78, 5) is 7.91. The van der Waals surface area contributed by atoms with E-state index in [1.165, 1.54) is 11.3 Å². The summed E-state index contributed by atoms with van der Waals surface area (Å²) in [5, 5.41) is 7.13. The maximum atomic E-state index is 4.40. The molecule has 0 aliphatic carbocycles. The molecule has 0 aromatic carbocycles. The van der Waals surface area contributed by atoms with Gasteiger partial charge in [-0.3, -0.25) is 5.10 Å². The van der Waals surface area contributed by atoms with Crippen LogP contribution in [0.2, 0.25) is 0 Å². The van der Waals surface area contributed by atoms with Crippen LogP contribution >= 0.6 is 0 Å². The number of aromatic amines is 2. The molecule has 0 radical (unpaired) electrons. The van der Waals surface area contributed by atoms with E-state index in [4.69, 9.17) is 0 Å². The van der Waals surface area contributed by atoms with Crippen molar-refractivity contribution in [2.45, 2.75) is 59.3 Å². The summed E-state index contributed by atoms with van der Waals surface area (Å²) in [5.41, 5.74) is 3.75. The van der Waals surface area contributed by atoms with Gasteiger partial charge < -0.3 is 4.98 Å². The predicted octanol–water partition coefficient (Wildman–Crippen LogP) is 3.70. The Bertz CT molecular complexity index is 545. The van der Waals surface area contributed by atoms with Crippen LogP contribution in [-0.4, -0.2) is 20.2 Å². The topological polar surface area (TPSA) is 57.4 Å². The fourth-order valence-electron chi connectivity index (χ4n) is 2.22. The molecule has 104 valence electrons. The summed E-state index contributed by atoms with van der Waals surface area (Å²) in [6.07, 6.45) is 0. The van der Waals surface area contributed by atoms with Crippen molar-refractivity contribution >= 4 is 0 Å². The molecule has 0 aliphatic heterocycles. The molecule has 19 heavy (non-hydrogen) atoms. The van der Waals surface area contributed by atoms with Crippen molar-refractivity contribution in [1.82, 2.24) is 20.2 Å². The number of H-pyrrole nitrogens is 2. The van der Waals surface area contributed by atoms with E-state index in [2.05, 4.69) is 67.8 Å². The van der Waals surface area contributed by atoms with Gasteiger partial charge in [0.1, 0.15) is 5.82 Å². The molecule has 0 unspecified atom stereocenters. The van der Waals surface area contributed by atoms with Crippen LogP contribution in [0.25, 0.3) is 11.5 Å². The Morgan fingerprint density at radius 3 is 2.00 bits per heavy atom. The fourth-order valence-corrected chi connectivity index (χ4v) is 2.22. The van der Waals surface area contributed by atoms with Crippen LogP contribution < -0.4 is 0 Å². The Kier molecular flexibility index (Phi) is 3.07. The van der Waals surface area contributed by atoms with Gasteiger partial charge >= 0.3 is 0 Å². The SMILES string of the molecule is Cc1nc(-c2cc(C(C)(C)C)c(C(C)(C)C)[nH]2)n[nH]1. The quantitative estimate of drug-likeness (QED) is 0.821. The van der Waals surface area contributed by atoms with Gasteiger partial charge in [0.05, 0.1) is 5.69 Å². The highest BCUT2D eigenvalue weighted by atomic mass is 15.2. The van der Waals surface area contributed by atoms with E-state index in [1.807, 2.05) is 6.92 Å². The first-order valence-electron chi connectivity index (χ1n) is 6.72. The van der Waals surface area contributed by atoms with Gasteiger partial charge in [-0.25, -0.2) is 4.98 Å². The lowest BCUT2D eigenvalue weighted by Gasteiger charge is -2.26. The zero-order valence-electron chi connectivity index (χ0n) is 13.0. The Balaban J connectivity index is 2.58. The van der Waals surface area contributed by atoms with Crippen molar-refractivity contribution < 1.29 is 0 Å². The van der Waals surface area contributed by atoms with E-state index >= 15 is 0 Å². The van der Waals surface area contributed by atoms with Gasteiger partial charge in [0, 0.05) is 11.1 Å². The average Bonchev–Trinajstić information content (AvgIpc) is 2.79. The van der Waals surface area contributed by atoms with E-state index in [9.17, 15) is 0 Å². The van der Waals surface area contributed by atoms with Crippen molar-refractivity contribution in [3.63, 3.8) is 0 Å². The second kappa shape index (κ2) is 4.22. The highest BCUT2D eigenvalue weighted by molar-refractivity contribution is 5.55. The Hall–Kier alpha value is -1.58. The minimum atomic E-state index is 0.0756. The van der Waals surface area contributed by atoms with Crippen molar-refractivity contribution in [1.29, 1.82) is 0 Å². The molecule has 0 saturated heterocycles. The van der Waals surface area contributed by atoms with Crippen molar-refractivity contribution in [2.24, 2.45) is 0 Å². The fraction of sp³-hybridized carbons (Fsp3) is 0.600. The summed E-state index contributed by atoms with van der Waals surface area (Å²) in [6, 6.07) is 2.18. The maximum absolute atomic E-state index is 4.40. The smallest absolute Gasteiger partial charge is 0.197 e. The number of rotatable bonds is 1. The van der Waals surface area contributed by atoms with Crippen molar-refractivity contribution in [3.8, 4) is 11.5 Å². The average molecular weight is 260 g/mol. The van der Waals surface area contributed by atoms with Crippen molar-refractivity contribution in [3.05, 3.63) is 23.1 Å². The lowest BCUT2D eigenvalue weighted by atomic mass is 9.80. The molecule has 0 saturated carbocycles. The third kappa shape index (κ3) is 2.72. The molecular formula is C15H24N4. The highest BCUT2D eigenvalue weighted by Crippen LogP contribution is 2.35. The molecule has 2 N–H and O–H groups in total. The molecule has 0 fully saturated rings. The molecule has 2 rings (SSSR count). The summed E-state index contributed by atoms with van der Waals surface area (Å²) >= 11 is 0. The summed E-state index contributed by atoms with van der Waals surface area (Å²) in [6.45, 7) is 15.3. The van der Waals surface area contributed by atoms with E-state index in [-0.39, 0.29) is 10.8 Å². The van der Waals surface area contributed by atoms with Crippen LogP contribution in [0.15, 0.2) is 6.07 Å². The standard InChI is InChI=1S/C15H24N4/c1-9-16-13(19-18-9)11-8-10(14(2,3)4)12(17-11)15(5,6)7/h8,17H,1-7H3,(H,16,18,19). The largest absolute Gasteiger partial charge is 0.355 e. The third-order valence-electron chi connectivity index (χ3n) is 3.21. The summed E-state index contributed by atoms with van der Waals surface area (Å²) < 4.78 is 0. The molecular weight excluding hydrogens is 236 g/mol. The predicted molar refractivity (Wildman–Crippen MR) is 78.3 cm³/mol. The lowest BCUT2D eigenvalue weighted by molar-refractivity contribution is 0.522. The van der Waals surface area contributed by atoms with Crippen LogP contribution in [0.5, 0.6) is 0 Å². The number of hydrogen-bond donors (Lipinski definition) is 2. The molecule has 0 atom stereocenters. The van der Waals surface area contributed by atoms with Gasteiger partial charge in [0.2, 0.25) is 0 Å². The maximum Gasteiger partial charge on any atom is 0.197 e. The summed E-state index contributed by atoms with van der Waals surface area (Å²) in [5.74, 6) is 1.57. The zero-order valence-corrected chi connectivity index (χ0v) is 13.0. The van der Waals surface area contributed by atoms with Gasteiger partial charge in [-0.1, -0.05) is 41.5 Å². The van der Waals surface area contributed by atoms with Crippen LogP contribution in [-0.2, 0) is 10.8 Å². The van der Waals surface area contributed by atoms with Gasteiger partial charge in [-0.2, -0.15) is 5.10 Å². The molecule has 0 amide bonds. The molecule has 2 heterocycles. The number of aromatic nitrogens is 4. The van der Waals surface area contributed by atoms with E-state index in [1.54, 1.807) is 0 Å². The van der Waals surface area contributed by atoms with Crippen LogP contribution in [0.4, 0.5) is 0 Å². The van der Waals surface area contributed by atoms with Gasteiger partial charge in [-0.05, 0) is 24.0 Å². The Morgan fingerprint density at radius 2 is 1.63 bits per heavy atom. The van der Waals surface area contributed by atoms with Gasteiger partial charge in [0.25, 0.3) is 0 Å². The van der Waals surface area contributed by atoms with E-state index in [0.717, 1.165) is 17.3 Å². The normalized spacial score (nSPS) is 13.0. The van der Waals surface area contributed by atoms with Crippen LogP contribution in [0.1, 0.15) is 58.6 Å². The number of hydrogen-bond acceptors (Lipinski definition) is 2. The minimum absolute atomic E-state index is 0.0756. The third-order valence-corrected chi connectivity index (χ3v) is 3.21. The molecule has 0 aliphatic rings. The second-order valence-corrected chi connectivity index (χ2v) is 7.22. The van der Waals surface area contributed by atoms with Gasteiger partial charge in [-0.15, -0.1) is 0 Å². The Labute approximate surface area is 115 Å². The molecule has 2 aromatic heterocycles. The Morgan fingerprint density at radius 1 is 1.00 bits per heavy atom. The number of nitrogens with zero attached hydrogens (tertiary/aromatic N) is 2. The first-order valence-corrected chi connectivity index (χ1v) is 6.72. The minimum Gasteiger partial charge on any atom is -0.355 e. The lowest BCUT2D eigenvalue weighted by Crippen LogP contribution is -2.20. The number of aryl methyl sites for hydroxylation is 1. The first-order chi connectivity index (χ1) is 8.59. The number of nitrogens with one attached hydrogen (secondary N) is 2. The molecule has 2 aromatic rings. The van der Waals surface area contributed by atoms with Crippen molar-refractivity contribution in [2.75, 3.05) is 0 Å². The van der Waals surface area contributed by atoms with Crippen LogP contribution in [0, 0.1) is 6.92 Å².